The van der Waals surface area contributed by atoms with Crippen molar-refractivity contribution in [2.24, 2.45) is 0 Å². The Bertz CT molecular complexity index is 1150. The van der Waals surface area contributed by atoms with Crippen molar-refractivity contribution in [1.82, 2.24) is 0 Å². The van der Waals surface area contributed by atoms with Crippen LogP contribution in [0.4, 0.5) is 22.7 Å². The van der Waals surface area contributed by atoms with Crippen LogP contribution in [0.3, 0.4) is 0 Å². The third-order valence-corrected chi connectivity index (χ3v) is 6.17. The molecule has 0 atom stereocenters. The molecule has 4 aromatic rings. The average molecular weight is 493 g/mol. The lowest BCUT2D eigenvalue weighted by Gasteiger charge is -2.37. The summed E-state index contributed by atoms with van der Waals surface area (Å²) in [5.41, 5.74) is 5.39. The summed E-state index contributed by atoms with van der Waals surface area (Å²) in [4.78, 5) is 43.9. The second-order valence-corrected chi connectivity index (χ2v) is 8.11. The van der Waals surface area contributed by atoms with Crippen LogP contribution in [0.1, 0.15) is 22.3 Å². The lowest BCUT2D eigenvalue weighted by Crippen LogP contribution is -2.31. The van der Waals surface area contributed by atoms with Crippen LogP contribution in [-0.2, 0) is 24.6 Å². The highest BCUT2D eigenvalue weighted by Gasteiger charge is 2.38. The molecule has 37 heavy (non-hydrogen) atoms. The maximum absolute atomic E-state index is 11.0. The van der Waals surface area contributed by atoms with Gasteiger partial charge in [-0.25, -0.2) is 0 Å². The first-order valence-electron chi connectivity index (χ1n) is 11.4. The fraction of sp³-hybridized carbons (Fsp3) is 0.0345. The van der Waals surface area contributed by atoms with E-state index in [2.05, 4.69) is 21.3 Å². The van der Waals surface area contributed by atoms with Crippen LogP contribution < -0.4 is 21.3 Å². The van der Waals surface area contributed by atoms with Gasteiger partial charge < -0.3 is 21.3 Å². The molecule has 4 rings (SSSR count). The molecule has 4 N–H and O–H groups in total. The number of anilines is 4. The first-order chi connectivity index (χ1) is 18.1. The van der Waals surface area contributed by atoms with Gasteiger partial charge in [-0.3, -0.25) is 19.2 Å². The zero-order chi connectivity index (χ0) is 26.1. The highest BCUT2D eigenvalue weighted by atomic mass is 16.1. The second-order valence-electron chi connectivity index (χ2n) is 8.11. The van der Waals surface area contributed by atoms with Gasteiger partial charge in [0, 0.05) is 22.7 Å². The topological polar surface area (TPSA) is 116 Å². The van der Waals surface area contributed by atoms with Crippen LogP contribution in [0.15, 0.2) is 97.1 Å². The van der Waals surface area contributed by atoms with Gasteiger partial charge in [-0.1, -0.05) is 48.5 Å². The monoisotopic (exact) mass is 492 g/mol. The van der Waals surface area contributed by atoms with E-state index in [1.165, 1.54) is 0 Å². The van der Waals surface area contributed by atoms with Crippen molar-refractivity contribution < 1.29 is 19.2 Å². The highest BCUT2D eigenvalue weighted by Crippen LogP contribution is 2.46. The standard InChI is InChI=1S/C29H24N4O4/c34-17-30-25-9-1-21(2-10-25)29(22-3-11-26(12-4-22)31-18-35,23-5-13-27(14-6-23)32-19-36)24-7-15-28(16-8-24)33-20-37/h1-20H,(H,30,34)(H,31,35)(H,32,36)(H,33,37). The number of amides is 4. The van der Waals surface area contributed by atoms with Gasteiger partial charge in [-0.05, 0) is 70.8 Å². The fourth-order valence-corrected chi connectivity index (χ4v) is 4.54. The summed E-state index contributed by atoms with van der Waals surface area (Å²) in [5.74, 6) is 0. The van der Waals surface area contributed by atoms with E-state index in [9.17, 15) is 19.2 Å². The van der Waals surface area contributed by atoms with E-state index < -0.39 is 5.41 Å². The van der Waals surface area contributed by atoms with E-state index in [4.69, 9.17) is 0 Å². The first kappa shape index (κ1) is 24.9. The van der Waals surface area contributed by atoms with Crippen molar-refractivity contribution in [3.8, 4) is 0 Å². The second kappa shape index (κ2) is 11.5. The van der Waals surface area contributed by atoms with E-state index in [0.29, 0.717) is 48.4 Å². The Hall–Kier alpha value is -5.24. The Balaban J connectivity index is 2.01. The van der Waals surface area contributed by atoms with Gasteiger partial charge in [0.05, 0.1) is 5.41 Å². The van der Waals surface area contributed by atoms with E-state index in [-0.39, 0.29) is 0 Å². The molecule has 8 nitrogen and oxygen atoms in total. The molecule has 0 saturated heterocycles. The lowest BCUT2D eigenvalue weighted by atomic mass is 9.65. The summed E-state index contributed by atoms with van der Waals surface area (Å²) in [6.45, 7) is 0. The van der Waals surface area contributed by atoms with E-state index in [1.807, 2.05) is 97.1 Å². The van der Waals surface area contributed by atoms with Gasteiger partial charge in [0.1, 0.15) is 0 Å². The molecule has 0 aromatic heterocycles. The quantitative estimate of drug-likeness (QED) is 0.174. The molecule has 0 aliphatic heterocycles. The van der Waals surface area contributed by atoms with Crippen molar-refractivity contribution in [2.45, 2.75) is 5.41 Å². The van der Waals surface area contributed by atoms with Crippen molar-refractivity contribution in [3.05, 3.63) is 119 Å². The molecule has 8 heteroatoms. The smallest absolute Gasteiger partial charge is 0.211 e. The van der Waals surface area contributed by atoms with Gasteiger partial charge in [-0.15, -0.1) is 0 Å². The molecular formula is C29H24N4O4. The number of rotatable bonds is 12. The number of benzene rings is 4. The van der Waals surface area contributed by atoms with Crippen LogP contribution in [0.25, 0.3) is 0 Å². The number of nitrogens with one attached hydrogen (secondary N) is 4. The van der Waals surface area contributed by atoms with Crippen molar-refractivity contribution in [2.75, 3.05) is 21.3 Å². The Morgan fingerprint density at radius 1 is 0.351 bits per heavy atom. The zero-order valence-corrected chi connectivity index (χ0v) is 19.7. The molecule has 0 radical (unpaired) electrons. The van der Waals surface area contributed by atoms with Gasteiger partial charge in [0.2, 0.25) is 25.6 Å². The summed E-state index contributed by atoms with van der Waals surface area (Å²) in [6.07, 6.45) is 2.49. The largest absolute Gasteiger partial charge is 0.329 e. The Morgan fingerprint density at radius 3 is 0.703 bits per heavy atom. The third-order valence-electron chi connectivity index (χ3n) is 6.17. The number of hydrogen-bond donors (Lipinski definition) is 4. The van der Waals surface area contributed by atoms with Gasteiger partial charge in [-0.2, -0.15) is 0 Å². The molecule has 0 heterocycles. The molecule has 0 aliphatic rings. The van der Waals surface area contributed by atoms with Crippen molar-refractivity contribution >= 4 is 48.4 Å². The molecule has 184 valence electrons. The van der Waals surface area contributed by atoms with Crippen LogP contribution in [-0.4, -0.2) is 25.6 Å². The van der Waals surface area contributed by atoms with E-state index in [0.717, 1.165) is 22.3 Å². The van der Waals surface area contributed by atoms with Crippen molar-refractivity contribution in [3.63, 3.8) is 0 Å². The molecule has 0 aliphatic carbocycles. The summed E-state index contributed by atoms with van der Waals surface area (Å²) in [5, 5.41) is 10.7. The van der Waals surface area contributed by atoms with Crippen LogP contribution in [0.5, 0.6) is 0 Å². The van der Waals surface area contributed by atoms with Gasteiger partial charge in [0.25, 0.3) is 0 Å². The van der Waals surface area contributed by atoms with Gasteiger partial charge in [0.15, 0.2) is 0 Å². The van der Waals surface area contributed by atoms with Crippen LogP contribution in [0.2, 0.25) is 0 Å². The number of hydrogen-bond acceptors (Lipinski definition) is 4. The van der Waals surface area contributed by atoms with E-state index in [1.54, 1.807) is 0 Å². The van der Waals surface area contributed by atoms with E-state index >= 15 is 0 Å². The maximum Gasteiger partial charge on any atom is 0.211 e. The SMILES string of the molecule is O=CNc1ccc(C(c2ccc(NC=O)cc2)(c2ccc(NC=O)cc2)c2ccc(NC=O)cc2)cc1. The molecule has 4 amide bonds. The zero-order valence-electron chi connectivity index (χ0n) is 19.7. The summed E-state index contributed by atoms with van der Waals surface area (Å²) in [6, 6.07) is 30.1. The average Bonchev–Trinajstić information content (AvgIpc) is 2.93. The first-order valence-corrected chi connectivity index (χ1v) is 11.4. The molecule has 0 unspecified atom stereocenters. The predicted molar refractivity (Wildman–Crippen MR) is 143 cm³/mol. The lowest BCUT2D eigenvalue weighted by molar-refractivity contribution is -0.106. The van der Waals surface area contributed by atoms with Crippen molar-refractivity contribution in [1.29, 1.82) is 0 Å². The summed E-state index contributed by atoms with van der Waals surface area (Å²) in [7, 11) is 0. The highest BCUT2D eigenvalue weighted by molar-refractivity contribution is 5.75. The minimum absolute atomic E-state index is 0.624. The Labute approximate surface area is 213 Å². The predicted octanol–water partition coefficient (Wildman–Crippen LogP) is 4.34. The van der Waals surface area contributed by atoms with Crippen LogP contribution in [0, 0.1) is 0 Å². The summed E-state index contributed by atoms with van der Waals surface area (Å²) < 4.78 is 0. The molecule has 0 saturated carbocycles. The molecule has 0 bridgehead atoms. The fourth-order valence-electron chi connectivity index (χ4n) is 4.54. The third kappa shape index (κ3) is 5.08. The molecule has 4 aromatic carbocycles. The number of carbonyl (C=O) groups is 4. The number of carbonyl (C=O) groups excluding carboxylic acids is 4. The summed E-state index contributed by atoms with van der Waals surface area (Å²) >= 11 is 0. The normalized spacial score (nSPS) is 10.6. The Morgan fingerprint density at radius 2 is 0.541 bits per heavy atom. The van der Waals surface area contributed by atoms with Gasteiger partial charge >= 0.3 is 0 Å². The molecule has 0 fully saturated rings. The maximum atomic E-state index is 11.0. The molecular weight excluding hydrogens is 468 g/mol. The Kier molecular flexibility index (Phi) is 7.70. The van der Waals surface area contributed by atoms with Crippen LogP contribution >= 0.6 is 0 Å². The molecule has 0 spiro atoms. The minimum atomic E-state index is -0.834. The minimum Gasteiger partial charge on any atom is -0.329 e.